The van der Waals surface area contributed by atoms with Gasteiger partial charge in [0.25, 0.3) is 14.4 Å². The molecule has 18 heteroatoms. The molecule has 0 aliphatic carbocycles. The minimum atomic E-state index is -1.65. The fraction of sp³-hybridized carbons (Fsp3) is 0.647. The number of benzene rings is 1. The van der Waals surface area contributed by atoms with Crippen LogP contribution in [0.5, 0.6) is 5.75 Å². The van der Waals surface area contributed by atoms with E-state index in [0.29, 0.717) is 63.2 Å². The Balaban J connectivity index is 1.40. The number of carbonyl (C=O) groups is 1. The molecule has 0 radical (unpaired) electrons. The van der Waals surface area contributed by atoms with Gasteiger partial charge in [0, 0.05) is 26.3 Å². The van der Waals surface area contributed by atoms with Gasteiger partial charge in [-0.05, 0) is 39.8 Å². The van der Waals surface area contributed by atoms with Gasteiger partial charge in [0.05, 0.1) is 65.8 Å². The number of aromatic nitrogens is 4. The lowest BCUT2D eigenvalue weighted by Crippen LogP contribution is -2.40. The second-order valence-electron chi connectivity index (χ2n) is 12.2. The Bertz CT molecular complexity index is 1450. The number of ether oxygens (including phenoxy) is 7. The van der Waals surface area contributed by atoms with Crippen LogP contribution in [0.1, 0.15) is 33.9 Å². The molecule has 1 amide bonds. The predicted octanol–water partition coefficient (Wildman–Crippen LogP) is 3.19. The Morgan fingerprint density at radius 3 is 2.19 bits per heavy atom. The lowest BCUT2D eigenvalue weighted by Gasteiger charge is -2.38. The van der Waals surface area contributed by atoms with Crippen molar-refractivity contribution in [2.75, 3.05) is 85.6 Å². The second kappa shape index (κ2) is 22.3. The molecule has 0 spiro atoms. The van der Waals surface area contributed by atoms with E-state index in [1.54, 1.807) is 30.9 Å². The molecule has 5 atom stereocenters. The van der Waals surface area contributed by atoms with Gasteiger partial charge in [-0.3, -0.25) is 9.36 Å². The number of hydrogen-bond donors (Lipinski definition) is 2. The topological polar surface area (TPSA) is 179 Å². The fourth-order valence-electron chi connectivity index (χ4n) is 5.51. The number of aliphatic hydroxyl groups is 1. The van der Waals surface area contributed by atoms with Crippen LogP contribution in [0.3, 0.4) is 0 Å². The van der Waals surface area contributed by atoms with E-state index in [9.17, 15) is 9.90 Å². The van der Waals surface area contributed by atoms with Crippen molar-refractivity contribution in [3.8, 4) is 5.75 Å². The van der Waals surface area contributed by atoms with Crippen LogP contribution < -0.4 is 10.1 Å². The molecule has 1 aromatic carbocycles. The number of methoxy groups -OCH3 is 2. The van der Waals surface area contributed by atoms with Gasteiger partial charge in [0.15, 0.2) is 29.8 Å². The standard InChI is InChI=1S/C34H53N6O11P/c1-24(2)40(25(3)4)52(49-19-18-47-17-16-46-15-14-45-13-12-43-5)51-30-27(20-41)50-34(31(30)44-6)39-23-37-29-32(35-22-36-33(29)39)38-28(42)21-48-26-10-8-7-9-11-26/h7-11,22-25,27,30-31,34,41H,12-21H2,1-6H3,(H,35,36,38,42). The lowest BCUT2D eigenvalue weighted by molar-refractivity contribution is -0.118. The summed E-state index contributed by atoms with van der Waals surface area (Å²) in [7, 11) is 1.54. The van der Waals surface area contributed by atoms with Gasteiger partial charge < -0.3 is 52.6 Å². The van der Waals surface area contributed by atoms with Crippen molar-refractivity contribution in [2.45, 2.75) is 64.3 Å². The maximum atomic E-state index is 12.7. The van der Waals surface area contributed by atoms with Crippen molar-refractivity contribution in [3.05, 3.63) is 43.0 Å². The number of amides is 1. The molecule has 17 nitrogen and oxygen atoms in total. The molecular formula is C34H53N6O11P. The number of carbonyl (C=O) groups excluding carboxylic acids is 1. The summed E-state index contributed by atoms with van der Waals surface area (Å²) >= 11 is 0. The summed E-state index contributed by atoms with van der Waals surface area (Å²) < 4.78 is 56.4. The highest BCUT2D eigenvalue weighted by Gasteiger charge is 2.49. The largest absolute Gasteiger partial charge is 0.484 e. The first kappa shape index (κ1) is 41.8. The van der Waals surface area contributed by atoms with Gasteiger partial charge in [0.2, 0.25) is 0 Å². The molecule has 2 aromatic heterocycles. The zero-order valence-electron chi connectivity index (χ0n) is 30.8. The molecule has 52 heavy (non-hydrogen) atoms. The number of anilines is 1. The van der Waals surface area contributed by atoms with E-state index in [1.807, 2.05) is 18.2 Å². The van der Waals surface area contributed by atoms with Crippen molar-refractivity contribution in [3.63, 3.8) is 0 Å². The number of imidazole rings is 1. The molecular weight excluding hydrogens is 699 g/mol. The Morgan fingerprint density at radius 2 is 1.58 bits per heavy atom. The number of nitrogens with zero attached hydrogens (tertiary/aromatic N) is 5. The number of nitrogens with one attached hydrogen (secondary N) is 1. The number of fused-ring (bicyclic) bond motifs is 1. The molecule has 1 fully saturated rings. The van der Waals surface area contributed by atoms with Gasteiger partial charge >= 0.3 is 0 Å². The van der Waals surface area contributed by atoms with Gasteiger partial charge in [-0.1, -0.05) is 18.2 Å². The van der Waals surface area contributed by atoms with E-state index in [-0.39, 0.29) is 37.7 Å². The third-order valence-corrected chi connectivity index (χ3v) is 9.93. The summed E-state index contributed by atoms with van der Waals surface area (Å²) in [4.78, 5) is 25.9. The fourth-order valence-corrected chi connectivity index (χ4v) is 7.26. The predicted molar refractivity (Wildman–Crippen MR) is 192 cm³/mol. The minimum Gasteiger partial charge on any atom is -0.484 e. The average molecular weight is 753 g/mol. The SMILES string of the molecule is COCCOCCOCCOCCOP(OC1C(CO)OC(n2cnc3c(NC(=O)COc4ccccc4)ncnc32)C1OC)N(C(C)C)C(C)C. The summed E-state index contributed by atoms with van der Waals surface area (Å²) in [5.74, 6) is 0.371. The molecule has 1 saturated heterocycles. The highest BCUT2D eigenvalue weighted by atomic mass is 31.2. The first-order chi connectivity index (χ1) is 25.3. The Kier molecular flexibility index (Phi) is 18.0. The van der Waals surface area contributed by atoms with E-state index in [4.69, 9.17) is 42.2 Å². The second-order valence-corrected chi connectivity index (χ2v) is 13.6. The van der Waals surface area contributed by atoms with Crippen molar-refractivity contribution >= 4 is 31.4 Å². The van der Waals surface area contributed by atoms with Crippen LogP contribution in [0.25, 0.3) is 11.2 Å². The van der Waals surface area contributed by atoms with Gasteiger partial charge in [-0.15, -0.1) is 0 Å². The number of para-hydroxylation sites is 1. The molecule has 2 N–H and O–H groups in total. The van der Waals surface area contributed by atoms with Crippen LogP contribution in [0.4, 0.5) is 5.82 Å². The average Bonchev–Trinajstić information content (AvgIpc) is 3.72. The Morgan fingerprint density at radius 1 is 0.923 bits per heavy atom. The minimum absolute atomic E-state index is 0.0826. The third-order valence-electron chi connectivity index (χ3n) is 7.81. The smallest absolute Gasteiger partial charge is 0.263 e. The normalized spacial score (nSPS) is 19.7. The zero-order valence-corrected chi connectivity index (χ0v) is 31.7. The Hall–Kier alpha value is -2.93. The molecule has 290 valence electrons. The van der Waals surface area contributed by atoms with E-state index in [0.717, 1.165) is 0 Å². The number of rotatable bonds is 25. The quantitative estimate of drug-likeness (QED) is 0.0952. The molecule has 4 rings (SSSR count). The van der Waals surface area contributed by atoms with E-state index in [2.05, 4.69) is 52.6 Å². The van der Waals surface area contributed by atoms with E-state index in [1.165, 1.54) is 12.7 Å². The van der Waals surface area contributed by atoms with Crippen molar-refractivity contribution in [1.82, 2.24) is 24.2 Å². The summed E-state index contributed by atoms with van der Waals surface area (Å²) in [6.07, 6.45) is -0.0964. The first-order valence-electron chi connectivity index (χ1n) is 17.3. The number of hydrogen-bond acceptors (Lipinski definition) is 15. The monoisotopic (exact) mass is 752 g/mol. The molecule has 5 unspecified atom stereocenters. The lowest BCUT2D eigenvalue weighted by atomic mass is 10.1. The van der Waals surface area contributed by atoms with Crippen LogP contribution in [-0.4, -0.2) is 146 Å². The highest BCUT2D eigenvalue weighted by molar-refractivity contribution is 7.44. The van der Waals surface area contributed by atoms with Crippen LogP contribution in [0.2, 0.25) is 0 Å². The highest BCUT2D eigenvalue weighted by Crippen LogP contribution is 2.50. The maximum Gasteiger partial charge on any atom is 0.263 e. The van der Waals surface area contributed by atoms with Crippen LogP contribution in [-0.2, 0) is 42.3 Å². The summed E-state index contributed by atoms with van der Waals surface area (Å²) in [5, 5.41) is 13.2. The summed E-state index contributed by atoms with van der Waals surface area (Å²) in [6, 6.07) is 9.19. The molecule has 3 aromatic rings. The molecule has 1 aliphatic rings. The van der Waals surface area contributed by atoms with Crippen molar-refractivity contribution in [1.29, 1.82) is 0 Å². The van der Waals surface area contributed by atoms with E-state index >= 15 is 0 Å². The molecule has 3 heterocycles. The van der Waals surface area contributed by atoms with Gasteiger partial charge in [-0.25, -0.2) is 19.6 Å². The number of aliphatic hydroxyl groups excluding tert-OH is 1. The molecule has 0 saturated carbocycles. The first-order valence-corrected chi connectivity index (χ1v) is 18.5. The summed E-state index contributed by atoms with van der Waals surface area (Å²) in [6.45, 7) is 11.2. The maximum absolute atomic E-state index is 12.7. The van der Waals surface area contributed by atoms with E-state index < -0.39 is 39.0 Å². The Labute approximate surface area is 306 Å². The zero-order chi connectivity index (χ0) is 37.3. The van der Waals surface area contributed by atoms with Crippen LogP contribution >= 0.6 is 8.53 Å². The van der Waals surface area contributed by atoms with Crippen molar-refractivity contribution in [2.24, 2.45) is 0 Å². The van der Waals surface area contributed by atoms with Crippen molar-refractivity contribution < 1.29 is 52.1 Å². The van der Waals surface area contributed by atoms with Gasteiger partial charge in [-0.2, -0.15) is 0 Å². The third kappa shape index (κ3) is 12.0. The van der Waals surface area contributed by atoms with Crippen LogP contribution in [0, 0.1) is 0 Å². The molecule has 1 aliphatic heterocycles. The molecule has 0 bridgehead atoms. The van der Waals surface area contributed by atoms with Gasteiger partial charge in [0.1, 0.15) is 30.4 Å². The summed E-state index contributed by atoms with van der Waals surface area (Å²) in [5.41, 5.74) is 0.735. The van der Waals surface area contributed by atoms with Crippen LogP contribution in [0.15, 0.2) is 43.0 Å².